The van der Waals surface area contributed by atoms with Crippen LogP contribution in [0.25, 0.3) is 0 Å². The molecule has 1 heterocycles. The van der Waals surface area contributed by atoms with Gasteiger partial charge in [-0.1, -0.05) is 20.8 Å². The van der Waals surface area contributed by atoms with Crippen LogP contribution < -0.4 is 0 Å². The van der Waals surface area contributed by atoms with Crippen molar-refractivity contribution in [3.8, 4) is 0 Å². The number of carbonyl (C=O) groups excluding carboxylic acids is 1. The number of hydrogen-bond acceptors (Lipinski definition) is 3. The summed E-state index contributed by atoms with van der Waals surface area (Å²) in [6, 6.07) is 0. The molecule has 1 aliphatic rings. The van der Waals surface area contributed by atoms with Gasteiger partial charge in [-0.2, -0.15) is 0 Å². The molecule has 0 spiro atoms. The first-order valence-electron chi connectivity index (χ1n) is 7.03. The van der Waals surface area contributed by atoms with Gasteiger partial charge in [-0.3, -0.25) is 4.79 Å². The molecule has 1 aliphatic heterocycles. The van der Waals surface area contributed by atoms with Crippen molar-refractivity contribution in [2.24, 2.45) is 5.41 Å². The molecule has 0 aromatic heterocycles. The molecule has 0 aromatic rings. The predicted molar refractivity (Wildman–Crippen MR) is 73.4 cm³/mol. The maximum atomic E-state index is 11.6. The normalized spacial score (nSPS) is 16.9. The fraction of sp³-hybridized carbons (Fsp3) is 0.929. The molecule has 0 bridgehead atoms. The molecule has 4 heteroatoms. The quantitative estimate of drug-likeness (QED) is 0.747. The van der Waals surface area contributed by atoms with Crippen LogP contribution in [-0.4, -0.2) is 60.1 Å². The molecule has 1 fully saturated rings. The Morgan fingerprint density at radius 3 is 2.56 bits per heavy atom. The summed E-state index contributed by atoms with van der Waals surface area (Å²) < 4.78 is 0. The van der Waals surface area contributed by atoms with Gasteiger partial charge in [0.15, 0.2) is 0 Å². The lowest BCUT2D eigenvalue weighted by molar-refractivity contribution is -0.127. The van der Waals surface area contributed by atoms with Crippen molar-refractivity contribution < 1.29 is 9.90 Å². The number of nitrogens with zero attached hydrogens (tertiary/aromatic N) is 2. The third kappa shape index (κ3) is 5.83. The first-order valence-corrected chi connectivity index (χ1v) is 7.03. The highest BCUT2D eigenvalue weighted by atomic mass is 16.3. The first kappa shape index (κ1) is 15.4. The molecule has 0 aliphatic carbocycles. The lowest BCUT2D eigenvalue weighted by Crippen LogP contribution is -2.40. The zero-order chi connectivity index (χ0) is 13.6. The highest BCUT2D eigenvalue weighted by Gasteiger charge is 2.22. The summed E-state index contributed by atoms with van der Waals surface area (Å²) in [7, 11) is 0. The Morgan fingerprint density at radius 1 is 1.33 bits per heavy atom. The van der Waals surface area contributed by atoms with Gasteiger partial charge in [0.2, 0.25) is 5.91 Å². The predicted octanol–water partition coefficient (Wildman–Crippen LogP) is 1.34. The van der Waals surface area contributed by atoms with Gasteiger partial charge >= 0.3 is 0 Å². The maximum Gasteiger partial charge on any atom is 0.222 e. The van der Waals surface area contributed by atoms with E-state index < -0.39 is 0 Å². The Balaban J connectivity index is 2.37. The van der Waals surface area contributed by atoms with E-state index in [1.54, 1.807) is 0 Å². The summed E-state index contributed by atoms with van der Waals surface area (Å²) in [6.45, 7) is 11.5. The van der Waals surface area contributed by atoms with Crippen LogP contribution in [0.5, 0.6) is 0 Å². The van der Waals surface area contributed by atoms with Crippen LogP contribution in [0.15, 0.2) is 0 Å². The van der Waals surface area contributed by atoms with E-state index in [9.17, 15) is 4.79 Å². The number of hydrogen-bond donors (Lipinski definition) is 1. The van der Waals surface area contributed by atoms with Crippen molar-refractivity contribution in [3.63, 3.8) is 0 Å². The molecule has 0 saturated carbocycles. The van der Waals surface area contributed by atoms with Crippen molar-refractivity contribution in [1.29, 1.82) is 0 Å². The zero-order valence-corrected chi connectivity index (χ0v) is 12.1. The van der Waals surface area contributed by atoms with Crippen molar-refractivity contribution in [2.75, 3.05) is 39.3 Å². The van der Waals surface area contributed by atoms with Crippen molar-refractivity contribution >= 4 is 5.91 Å². The number of rotatable bonds is 7. The third-order valence-corrected chi connectivity index (χ3v) is 3.19. The Kier molecular flexibility index (Phi) is 6.09. The molecule has 0 unspecified atom stereocenters. The average molecular weight is 256 g/mol. The van der Waals surface area contributed by atoms with Crippen LogP contribution in [0.4, 0.5) is 0 Å². The lowest BCUT2D eigenvalue weighted by atomic mass is 9.96. The van der Waals surface area contributed by atoms with Gasteiger partial charge < -0.3 is 14.9 Å². The summed E-state index contributed by atoms with van der Waals surface area (Å²) >= 11 is 0. The summed E-state index contributed by atoms with van der Waals surface area (Å²) in [5.74, 6) is 0.299. The second kappa shape index (κ2) is 7.10. The number of aliphatic hydroxyl groups excluding tert-OH is 1. The van der Waals surface area contributed by atoms with Gasteiger partial charge in [0.25, 0.3) is 0 Å². The summed E-state index contributed by atoms with van der Waals surface area (Å²) in [5.41, 5.74) is 0.254. The molecule has 18 heavy (non-hydrogen) atoms. The number of carbonyl (C=O) groups is 1. The van der Waals surface area contributed by atoms with E-state index in [0.717, 1.165) is 52.0 Å². The van der Waals surface area contributed by atoms with Gasteiger partial charge in [0.1, 0.15) is 0 Å². The van der Waals surface area contributed by atoms with E-state index >= 15 is 0 Å². The Hall–Kier alpha value is -0.610. The second-order valence-electron chi connectivity index (χ2n) is 6.40. The van der Waals surface area contributed by atoms with E-state index in [1.165, 1.54) is 0 Å². The molecule has 0 aromatic carbocycles. The fourth-order valence-electron chi connectivity index (χ4n) is 2.44. The third-order valence-electron chi connectivity index (χ3n) is 3.19. The van der Waals surface area contributed by atoms with Crippen molar-refractivity contribution in [3.05, 3.63) is 0 Å². The summed E-state index contributed by atoms with van der Waals surface area (Å²) in [5, 5.41) is 8.94. The number of aliphatic hydroxyl groups is 1. The van der Waals surface area contributed by atoms with E-state index in [4.69, 9.17) is 5.11 Å². The standard InChI is InChI=1S/C14H28N2O2/c1-14(2,3)12-15(7-5-11-17)9-10-16-8-4-6-13(16)18/h17H,4-12H2,1-3H3. The molecule has 106 valence electrons. The molecular weight excluding hydrogens is 228 g/mol. The van der Waals surface area contributed by atoms with E-state index in [-0.39, 0.29) is 12.0 Å². The van der Waals surface area contributed by atoms with Crippen molar-refractivity contribution in [1.82, 2.24) is 9.80 Å². The SMILES string of the molecule is CC(C)(C)CN(CCCO)CCN1CCCC1=O. The minimum Gasteiger partial charge on any atom is -0.396 e. The van der Waals surface area contributed by atoms with Crippen LogP contribution in [0.2, 0.25) is 0 Å². The molecule has 0 radical (unpaired) electrons. The molecule has 4 nitrogen and oxygen atoms in total. The molecule has 1 rings (SSSR count). The zero-order valence-electron chi connectivity index (χ0n) is 12.1. The van der Waals surface area contributed by atoms with Gasteiger partial charge in [-0.25, -0.2) is 0 Å². The van der Waals surface area contributed by atoms with Gasteiger partial charge in [0.05, 0.1) is 0 Å². The van der Waals surface area contributed by atoms with Gasteiger partial charge in [-0.15, -0.1) is 0 Å². The largest absolute Gasteiger partial charge is 0.396 e. The van der Waals surface area contributed by atoms with Crippen LogP contribution in [-0.2, 0) is 4.79 Å². The van der Waals surface area contributed by atoms with Crippen LogP contribution >= 0.6 is 0 Å². The van der Waals surface area contributed by atoms with E-state index in [1.807, 2.05) is 4.90 Å². The monoisotopic (exact) mass is 256 g/mol. The molecule has 1 saturated heterocycles. The Bertz CT molecular complexity index is 261. The highest BCUT2D eigenvalue weighted by molar-refractivity contribution is 5.78. The van der Waals surface area contributed by atoms with Crippen LogP contribution in [0.1, 0.15) is 40.0 Å². The topological polar surface area (TPSA) is 43.8 Å². The van der Waals surface area contributed by atoms with Crippen LogP contribution in [0, 0.1) is 5.41 Å². The number of likely N-dealkylation sites (tertiary alicyclic amines) is 1. The minimum atomic E-state index is 0.239. The molecule has 1 amide bonds. The van der Waals surface area contributed by atoms with Gasteiger partial charge in [0, 0.05) is 45.8 Å². The molecule has 0 atom stereocenters. The fourth-order valence-corrected chi connectivity index (χ4v) is 2.44. The average Bonchev–Trinajstić information content (AvgIpc) is 2.66. The van der Waals surface area contributed by atoms with Crippen LogP contribution in [0.3, 0.4) is 0 Å². The smallest absolute Gasteiger partial charge is 0.222 e. The Morgan fingerprint density at radius 2 is 2.06 bits per heavy atom. The maximum absolute atomic E-state index is 11.6. The molecular formula is C14H28N2O2. The van der Waals surface area contributed by atoms with Gasteiger partial charge in [-0.05, 0) is 18.3 Å². The minimum absolute atomic E-state index is 0.239. The second-order valence-corrected chi connectivity index (χ2v) is 6.40. The lowest BCUT2D eigenvalue weighted by Gasteiger charge is -2.31. The Labute approximate surface area is 111 Å². The van der Waals surface area contributed by atoms with E-state index in [2.05, 4.69) is 25.7 Å². The molecule has 1 N–H and O–H groups in total. The van der Waals surface area contributed by atoms with Crippen molar-refractivity contribution in [2.45, 2.75) is 40.0 Å². The van der Waals surface area contributed by atoms with E-state index in [0.29, 0.717) is 5.91 Å². The first-order chi connectivity index (χ1) is 8.42. The highest BCUT2D eigenvalue weighted by Crippen LogP contribution is 2.16. The number of amides is 1. The summed E-state index contributed by atoms with van der Waals surface area (Å²) in [4.78, 5) is 15.9. The summed E-state index contributed by atoms with van der Waals surface area (Å²) in [6.07, 6.45) is 2.54.